The molecule has 122 valence electrons. The Bertz CT molecular complexity index is 948. The van der Waals surface area contributed by atoms with Crippen LogP contribution >= 0.6 is 0 Å². The Kier molecular flexibility index (Phi) is 4.13. The Balaban J connectivity index is 1.79. The quantitative estimate of drug-likeness (QED) is 0.691. The van der Waals surface area contributed by atoms with Crippen LogP contribution in [0.1, 0.15) is 21.7 Å². The average Bonchev–Trinajstić information content (AvgIpc) is 3.09. The van der Waals surface area contributed by atoms with Gasteiger partial charge in [0.2, 0.25) is 5.78 Å². The number of ketones is 1. The average molecular weight is 342 g/mol. The van der Waals surface area contributed by atoms with Crippen molar-refractivity contribution in [2.75, 3.05) is 4.72 Å². The van der Waals surface area contributed by atoms with E-state index < -0.39 is 10.0 Å². The molecule has 8 heteroatoms. The number of carbonyl (C=O) groups is 1. The maximum Gasteiger partial charge on any atom is 0.263 e. The molecule has 0 amide bonds. The SMILES string of the molecule is Cc1ccc(S(=O)(=O)Nc2ccc(C(=O)c3ncc[nH]3)cn2)cc1. The number of carbonyl (C=O) groups excluding carboxylic acids is 1. The van der Waals surface area contributed by atoms with Gasteiger partial charge in [0.05, 0.1) is 4.90 Å². The van der Waals surface area contributed by atoms with Crippen molar-refractivity contribution in [2.24, 2.45) is 0 Å². The lowest BCUT2D eigenvalue weighted by Gasteiger charge is -2.08. The zero-order valence-electron chi connectivity index (χ0n) is 12.7. The maximum absolute atomic E-state index is 12.3. The predicted molar refractivity (Wildman–Crippen MR) is 88.2 cm³/mol. The molecule has 1 aromatic carbocycles. The fraction of sp³-hybridized carbons (Fsp3) is 0.0625. The molecule has 2 heterocycles. The lowest BCUT2D eigenvalue weighted by atomic mass is 10.2. The van der Waals surface area contributed by atoms with Gasteiger partial charge in [-0.15, -0.1) is 0 Å². The Labute approximate surface area is 138 Å². The number of H-pyrrole nitrogens is 1. The van der Waals surface area contributed by atoms with Gasteiger partial charge in [0.1, 0.15) is 5.82 Å². The number of anilines is 1. The molecular formula is C16H14N4O3S. The number of benzene rings is 1. The predicted octanol–water partition coefficient (Wildman–Crippen LogP) is 2.14. The molecular weight excluding hydrogens is 328 g/mol. The minimum atomic E-state index is -3.72. The Hall–Kier alpha value is -3.00. The van der Waals surface area contributed by atoms with Gasteiger partial charge in [-0.25, -0.2) is 18.4 Å². The fourth-order valence-corrected chi connectivity index (χ4v) is 3.04. The molecule has 0 bridgehead atoms. The van der Waals surface area contributed by atoms with Gasteiger partial charge in [0.15, 0.2) is 5.82 Å². The van der Waals surface area contributed by atoms with Crippen LogP contribution in [0.15, 0.2) is 59.9 Å². The monoisotopic (exact) mass is 342 g/mol. The highest BCUT2D eigenvalue weighted by Gasteiger charge is 2.16. The summed E-state index contributed by atoms with van der Waals surface area (Å²) in [5.41, 5.74) is 1.27. The fourth-order valence-electron chi connectivity index (χ4n) is 2.03. The van der Waals surface area contributed by atoms with Crippen molar-refractivity contribution in [1.82, 2.24) is 15.0 Å². The third-order valence-corrected chi connectivity index (χ3v) is 4.68. The van der Waals surface area contributed by atoms with E-state index in [1.54, 1.807) is 18.3 Å². The number of aryl methyl sites for hydroxylation is 1. The number of nitrogens with one attached hydrogen (secondary N) is 2. The van der Waals surface area contributed by atoms with Crippen LogP contribution in [0.2, 0.25) is 0 Å². The third kappa shape index (κ3) is 3.33. The summed E-state index contributed by atoms with van der Waals surface area (Å²) in [5, 5.41) is 0. The minimum absolute atomic E-state index is 0.131. The largest absolute Gasteiger partial charge is 0.342 e. The molecule has 0 spiro atoms. The summed E-state index contributed by atoms with van der Waals surface area (Å²) in [5.74, 6) is 0.0109. The van der Waals surface area contributed by atoms with Gasteiger partial charge in [-0.1, -0.05) is 17.7 Å². The van der Waals surface area contributed by atoms with Gasteiger partial charge < -0.3 is 4.98 Å². The molecule has 0 unspecified atom stereocenters. The molecule has 0 aliphatic rings. The molecule has 0 radical (unpaired) electrons. The van der Waals surface area contributed by atoms with E-state index >= 15 is 0 Å². The molecule has 0 aliphatic heterocycles. The highest BCUT2D eigenvalue weighted by molar-refractivity contribution is 7.92. The molecule has 3 aromatic rings. The van der Waals surface area contributed by atoms with Crippen LogP contribution in [-0.4, -0.2) is 29.2 Å². The van der Waals surface area contributed by atoms with Crippen molar-refractivity contribution in [3.05, 3.63) is 71.9 Å². The molecule has 3 rings (SSSR count). The molecule has 0 saturated heterocycles. The number of imidazole rings is 1. The molecule has 7 nitrogen and oxygen atoms in total. The normalized spacial score (nSPS) is 11.2. The van der Waals surface area contributed by atoms with Crippen molar-refractivity contribution in [2.45, 2.75) is 11.8 Å². The van der Waals surface area contributed by atoms with Crippen molar-refractivity contribution >= 4 is 21.6 Å². The molecule has 24 heavy (non-hydrogen) atoms. The van der Waals surface area contributed by atoms with Crippen LogP contribution in [0.4, 0.5) is 5.82 Å². The maximum atomic E-state index is 12.3. The van der Waals surface area contributed by atoms with Gasteiger partial charge in [-0.3, -0.25) is 9.52 Å². The van der Waals surface area contributed by atoms with Crippen molar-refractivity contribution in [3.8, 4) is 0 Å². The van der Waals surface area contributed by atoms with E-state index in [9.17, 15) is 13.2 Å². The van der Waals surface area contributed by atoms with Gasteiger partial charge in [0.25, 0.3) is 10.0 Å². The lowest BCUT2D eigenvalue weighted by Crippen LogP contribution is -2.14. The van der Waals surface area contributed by atoms with Crippen LogP contribution in [0, 0.1) is 6.92 Å². The number of rotatable bonds is 5. The van der Waals surface area contributed by atoms with Crippen molar-refractivity contribution in [1.29, 1.82) is 0 Å². The molecule has 0 atom stereocenters. The highest BCUT2D eigenvalue weighted by Crippen LogP contribution is 2.16. The second kappa shape index (κ2) is 6.25. The van der Waals surface area contributed by atoms with Gasteiger partial charge in [-0.05, 0) is 31.2 Å². The van der Waals surface area contributed by atoms with Gasteiger partial charge >= 0.3 is 0 Å². The summed E-state index contributed by atoms with van der Waals surface area (Å²) in [6, 6.07) is 9.39. The lowest BCUT2D eigenvalue weighted by molar-refractivity contribution is 0.103. The molecule has 2 N–H and O–H groups in total. The highest BCUT2D eigenvalue weighted by atomic mass is 32.2. The van der Waals surface area contributed by atoms with E-state index in [-0.39, 0.29) is 22.3 Å². The smallest absolute Gasteiger partial charge is 0.263 e. The van der Waals surface area contributed by atoms with E-state index in [0.29, 0.717) is 5.56 Å². The Morgan fingerprint density at radius 3 is 2.42 bits per heavy atom. The van der Waals surface area contributed by atoms with Crippen molar-refractivity contribution in [3.63, 3.8) is 0 Å². The van der Waals surface area contributed by atoms with Gasteiger partial charge in [0, 0.05) is 24.2 Å². The van der Waals surface area contributed by atoms with E-state index in [1.807, 2.05) is 6.92 Å². The summed E-state index contributed by atoms with van der Waals surface area (Å²) >= 11 is 0. The topological polar surface area (TPSA) is 105 Å². The number of aromatic nitrogens is 3. The number of hydrogen-bond acceptors (Lipinski definition) is 5. The van der Waals surface area contributed by atoms with E-state index in [4.69, 9.17) is 0 Å². The number of aromatic amines is 1. The van der Waals surface area contributed by atoms with E-state index in [2.05, 4.69) is 19.7 Å². The Morgan fingerprint density at radius 2 is 1.83 bits per heavy atom. The van der Waals surface area contributed by atoms with Crippen LogP contribution in [0.5, 0.6) is 0 Å². The molecule has 0 aliphatic carbocycles. The number of pyridine rings is 1. The second-order valence-electron chi connectivity index (χ2n) is 5.12. The first-order chi connectivity index (χ1) is 11.5. The summed E-state index contributed by atoms with van der Waals surface area (Å²) in [6.45, 7) is 1.88. The van der Waals surface area contributed by atoms with Crippen LogP contribution in [0.3, 0.4) is 0 Å². The molecule has 0 saturated carbocycles. The van der Waals surface area contributed by atoms with E-state index in [1.165, 1.54) is 36.7 Å². The third-order valence-electron chi connectivity index (χ3n) is 3.31. The zero-order chi connectivity index (χ0) is 17.2. The van der Waals surface area contributed by atoms with Crippen LogP contribution < -0.4 is 4.72 Å². The van der Waals surface area contributed by atoms with Crippen LogP contribution in [0.25, 0.3) is 0 Å². The number of hydrogen-bond donors (Lipinski definition) is 2. The first-order valence-electron chi connectivity index (χ1n) is 7.05. The summed E-state index contributed by atoms with van der Waals surface area (Å²) in [7, 11) is -3.72. The summed E-state index contributed by atoms with van der Waals surface area (Å²) in [4.78, 5) is 22.8. The number of sulfonamides is 1. The minimum Gasteiger partial charge on any atom is -0.342 e. The second-order valence-corrected chi connectivity index (χ2v) is 6.80. The number of nitrogens with zero attached hydrogens (tertiary/aromatic N) is 2. The van der Waals surface area contributed by atoms with Crippen LogP contribution in [-0.2, 0) is 10.0 Å². The van der Waals surface area contributed by atoms with E-state index in [0.717, 1.165) is 5.56 Å². The summed E-state index contributed by atoms with van der Waals surface area (Å²) < 4.78 is 27.0. The molecule has 2 aromatic heterocycles. The van der Waals surface area contributed by atoms with Gasteiger partial charge in [-0.2, -0.15) is 0 Å². The molecule has 0 fully saturated rings. The zero-order valence-corrected chi connectivity index (χ0v) is 13.5. The first-order valence-corrected chi connectivity index (χ1v) is 8.54. The summed E-state index contributed by atoms with van der Waals surface area (Å²) in [6.07, 6.45) is 4.33. The standard InChI is InChI=1S/C16H14N4O3S/c1-11-2-5-13(6-3-11)24(22,23)20-14-7-4-12(10-19-14)15(21)16-17-8-9-18-16/h2-10H,1H3,(H,17,18)(H,19,20). The van der Waals surface area contributed by atoms with Crippen molar-refractivity contribution < 1.29 is 13.2 Å². The Morgan fingerprint density at radius 1 is 1.08 bits per heavy atom. The first kappa shape index (κ1) is 15.9.